The van der Waals surface area contributed by atoms with E-state index in [4.69, 9.17) is 51.8 Å². The van der Waals surface area contributed by atoms with Gasteiger partial charge in [0.15, 0.2) is 0 Å². The molecule has 2 unspecified atom stereocenters. The summed E-state index contributed by atoms with van der Waals surface area (Å²) in [6.45, 7) is 1.96. The maximum absolute atomic E-state index is 12.7. The van der Waals surface area contributed by atoms with Gasteiger partial charge in [0.25, 0.3) is 0 Å². The fraction of sp³-hybridized carbons (Fsp3) is 0.467. The van der Waals surface area contributed by atoms with Crippen molar-refractivity contribution >= 4 is 74.8 Å². The van der Waals surface area contributed by atoms with Crippen molar-refractivity contribution in [3.05, 3.63) is 28.2 Å². The van der Waals surface area contributed by atoms with Gasteiger partial charge in [-0.25, -0.2) is 0 Å². The second-order valence-electron chi connectivity index (χ2n) is 5.04. The molecule has 0 bridgehead atoms. The quantitative estimate of drug-likeness (QED) is 0.376. The molecule has 3 nitrogen and oxygen atoms in total. The average Bonchev–Trinajstić information content (AvgIpc) is 2.49. The van der Waals surface area contributed by atoms with Gasteiger partial charge in [0, 0.05) is 16.7 Å². The van der Waals surface area contributed by atoms with Crippen LogP contribution in [0.3, 0.4) is 0 Å². The molecule has 0 saturated heterocycles. The molecule has 2 atom stereocenters. The van der Waals surface area contributed by atoms with Gasteiger partial charge in [-0.2, -0.15) is 13.2 Å². The van der Waals surface area contributed by atoms with Crippen LogP contribution < -0.4 is 5.32 Å². The first-order chi connectivity index (χ1) is 12.0. The van der Waals surface area contributed by atoms with E-state index in [0.29, 0.717) is 10.7 Å². The molecule has 0 fully saturated rings. The number of thioether (sulfide) groups is 1. The monoisotopic (exact) mass is 467 g/mol. The molecule has 0 aliphatic rings. The van der Waals surface area contributed by atoms with Crippen molar-refractivity contribution < 1.29 is 22.7 Å². The third-order valence-electron chi connectivity index (χ3n) is 2.97. The number of amides is 1. The Hall–Kier alpha value is -0.410. The number of carbonyl (C=O) groups is 1. The zero-order chi connectivity index (χ0) is 19.9. The maximum atomic E-state index is 12.7. The maximum Gasteiger partial charge on any atom is 0.404 e. The molecular formula is C15H15Cl3F3NO2S2. The lowest BCUT2D eigenvalue weighted by Gasteiger charge is -2.21. The van der Waals surface area contributed by atoms with E-state index in [1.54, 1.807) is 6.92 Å². The lowest BCUT2D eigenvalue weighted by atomic mass is 10.1. The predicted molar refractivity (Wildman–Crippen MR) is 106 cm³/mol. The number of anilines is 1. The molecule has 0 heterocycles. The van der Waals surface area contributed by atoms with Crippen LogP contribution in [0.25, 0.3) is 0 Å². The Morgan fingerprint density at radius 2 is 2.04 bits per heavy atom. The van der Waals surface area contributed by atoms with Gasteiger partial charge < -0.3 is 10.1 Å². The molecule has 0 aromatic heterocycles. The highest BCUT2D eigenvalue weighted by atomic mass is 35.5. The number of alkyl halides is 4. The molecule has 0 saturated carbocycles. The van der Waals surface area contributed by atoms with E-state index >= 15 is 0 Å². The Kier molecular flexibility index (Phi) is 9.82. The highest BCUT2D eigenvalue weighted by Gasteiger charge is 2.40. The number of halogens is 6. The van der Waals surface area contributed by atoms with E-state index in [1.165, 1.54) is 18.2 Å². The molecule has 0 radical (unpaired) electrons. The molecular weight excluding hydrogens is 454 g/mol. The van der Waals surface area contributed by atoms with Crippen molar-refractivity contribution in [2.45, 2.75) is 36.6 Å². The smallest absolute Gasteiger partial charge is 0.404 e. The lowest BCUT2D eigenvalue weighted by Crippen LogP contribution is -2.29. The minimum absolute atomic E-state index is 0.0564. The van der Waals surface area contributed by atoms with Crippen molar-refractivity contribution in [1.29, 1.82) is 0 Å². The van der Waals surface area contributed by atoms with Gasteiger partial charge in [-0.1, -0.05) is 35.0 Å². The summed E-state index contributed by atoms with van der Waals surface area (Å²) in [4.78, 5) is 12.2. The minimum atomic E-state index is -4.58. The molecule has 1 aromatic carbocycles. The van der Waals surface area contributed by atoms with Crippen molar-refractivity contribution in [3.8, 4) is 0 Å². The highest BCUT2D eigenvalue weighted by Crippen LogP contribution is 2.33. The van der Waals surface area contributed by atoms with E-state index in [2.05, 4.69) is 5.32 Å². The van der Waals surface area contributed by atoms with Crippen LogP contribution >= 0.6 is 58.8 Å². The van der Waals surface area contributed by atoms with E-state index in [0.717, 1.165) is 11.8 Å². The van der Waals surface area contributed by atoms with E-state index < -0.39 is 29.1 Å². The number of benzene rings is 1. The highest BCUT2D eigenvalue weighted by molar-refractivity contribution is 8.23. The predicted octanol–water partition coefficient (Wildman–Crippen LogP) is 6.31. The van der Waals surface area contributed by atoms with Crippen molar-refractivity contribution in [2.24, 2.45) is 0 Å². The van der Waals surface area contributed by atoms with Gasteiger partial charge >= 0.3 is 6.18 Å². The van der Waals surface area contributed by atoms with Crippen LogP contribution in [0.4, 0.5) is 18.9 Å². The zero-order valence-corrected chi connectivity index (χ0v) is 17.3. The van der Waals surface area contributed by atoms with Crippen molar-refractivity contribution in [1.82, 2.24) is 0 Å². The van der Waals surface area contributed by atoms with E-state index in [1.807, 2.05) is 0 Å². The van der Waals surface area contributed by atoms with Crippen LogP contribution in [-0.4, -0.2) is 33.7 Å². The molecule has 0 spiro atoms. The molecule has 0 aliphatic heterocycles. The summed E-state index contributed by atoms with van der Waals surface area (Å²) in [7, 11) is 0. The fourth-order valence-corrected chi connectivity index (χ4v) is 4.11. The number of hydrogen-bond acceptors (Lipinski definition) is 4. The van der Waals surface area contributed by atoms with Crippen LogP contribution in [0.1, 0.15) is 19.8 Å². The molecule has 1 rings (SSSR count). The largest absolute Gasteiger partial charge is 0.479 e. The second-order valence-corrected chi connectivity index (χ2v) is 8.32. The zero-order valence-electron chi connectivity index (χ0n) is 13.4. The topological polar surface area (TPSA) is 38.3 Å². The Labute approximate surface area is 173 Å². The first kappa shape index (κ1) is 23.6. The summed E-state index contributed by atoms with van der Waals surface area (Å²) < 4.78 is 43.3. The molecule has 11 heteroatoms. The lowest BCUT2D eigenvalue weighted by molar-refractivity contribution is -0.132. The van der Waals surface area contributed by atoms with Crippen LogP contribution in [-0.2, 0) is 9.53 Å². The Bertz CT molecular complexity index is 647. The first-order valence-corrected chi connectivity index (χ1v) is 9.80. The van der Waals surface area contributed by atoms with Gasteiger partial charge in [-0.3, -0.25) is 4.79 Å². The Morgan fingerprint density at radius 1 is 1.38 bits per heavy atom. The summed E-state index contributed by atoms with van der Waals surface area (Å²) in [5.41, 5.74) is 0.301. The van der Waals surface area contributed by atoms with Crippen molar-refractivity contribution in [2.75, 3.05) is 11.9 Å². The molecule has 1 aromatic rings. The molecule has 1 amide bonds. The van der Waals surface area contributed by atoms with Gasteiger partial charge in [0.1, 0.15) is 5.38 Å². The second kappa shape index (κ2) is 10.8. The summed E-state index contributed by atoms with van der Waals surface area (Å²) in [5.74, 6) is -0.530. The number of carbonyl (C=O) groups excluding carboxylic acids is 1. The fourth-order valence-electron chi connectivity index (χ4n) is 1.82. The third kappa shape index (κ3) is 8.52. The van der Waals surface area contributed by atoms with Crippen LogP contribution in [0, 0.1) is 0 Å². The molecule has 146 valence electrons. The third-order valence-corrected chi connectivity index (χ3v) is 5.35. The van der Waals surface area contributed by atoms with E-state index in [9.17, 15) is 18.0 Å². The summed E-state index contributed by atoms with van der Waals surface area (Å²) >= 11 is 23.0. The first-order valence-electron chi connectivity index (χ1n) is 7.32. The van der Waals surface area contributed by atoms with Gasteiger partial charge in [0.05, 0.1) is 17.3 Å². The number of rotatable bonds is 7. The van der Waals surface area contributed by atoms with Crippen LogP contribution in [0.15, 0.2) is 18.2 Å². The number of nitrogens with one attached hydrogen (secondary N) is 1. The Balaban J connectivity index is 2.79. The number of thiocarbonyl (C=S) groups is 1. The average molecular weight is 469 g/mol. The summed E-state index contributed by atoms with van der Waals surface area (Å²) in [5, 5.41) is 0.219. The standard InChI is InChI=1S/C15H15Cl3F3NO2S2/c1-2-24-14(25)26-9(6-12(18)15(19,20)21)7-13(23)22-11-4-3-8(16)5-10(11)17/h3-5,9,12H,2,6-7H2,1H3,(H,22,23). The normalized spacial score (nSPS) is 13.8. The molecule has 0 aliphatic carbocycles. The van der Waals surface area contributed by atoms with Crippen LogP contribution in [0.2, 0.25) is 10.0 Å². The van der Waals surface area contributed by atoms with E-state index in [-0.39, 0.29) is 22.4 Å². The van der Waals surface area contributed by atoms with Gasteiger partial charge in [-0.05, 0) is 43.8 Å². The number of ether oxygens (including phenoxy) is 1. The van der Waals surface area contributed by atoms with Gasteiger partial charge in [0.2, 0.25) is 10.3 Å². The van der Waals surface area contributed by atoms with Crippen LogP contribution in [0.5, 0.6) is 0 Å². The summed E-state index contributed by atoms with van der Waals surface area (Å²) in [6, 6.07) is 4.46. The SMILES string of the molecule is CCOC(=S)SC(CC(=O)Nc1ccc(Cl)cc1Cl)CC(Cl)C(F)(F)F. The van der Waals surface area contributed by atoms with Gasteiger partial charge in [-0.15, -0.1) is 11.6 Å². The summed E-state index contributed by atoms with van der Waals surface area (Å²) in [6.07, 6.45) is -5.33. The molecule has 1 N–H and O–H groups in total. The van der Waals surface area contributed by atoms with Crippen molar-refractivity contribution in [3.63, 3.8) is 0 Å². The minimum Gasteiger partial charge on any atom is -0.479 e. The Morgan fingerprint density at radius 3 is 2.58 bits per heavy atom. The molecule has 26 heavy (non-hydrogen) atoms. The number of hydrogen-bond donors (Lipinski definition) is 1.